The lowest BCUT2D eigenvalue weighted by Crippen LogP contribution is -2.53. The normalized spacial score (nSPS) is 20.5. The number of allylic oxidation sites excluding steroid dienone is 1. The highest BCUT2D eigenvalue weighted by molar-refractivity contribution is 6.05. The van der Waals surface area contributed by atoms with Gasteiger partial charge >= 0.3 is 13.4 Å². The van der Waals surface area contributed by atoms with E-state index >= 15 is 0 Å². The van der Waals surface area contributed by atoms with E-state index in [0.717, 1.165) is 19.0 Å². The molecule has 0 N–H and O–H groups in total. The van der Waals surface area contributed by atoms with Gasteiger partial charge in [0.2, 0.25) is 0 Å². The number of ether oxygens (including phenoxy) is 2. The lowest BCUT2D eigenvalue weighted by atomic mass is 9.75. The topological polar surface area (TPSA) is 204 Å². The minimum Gasteiger partial charge on any atom is -0.465 e. The third-order valence-corrected chi connectivity index (χ3v) is 5.80. The monoisotopic (exact) mass is 603 g/mol. The molecule has 2 aliphatic rings. The zero-order valence-electron chi connectivity index (χ0n) is 24.4. The van der Waals surface area contributed by atoms with Crippen LogP contribution >= 0.6 is 0 Å². The van der Waals surface area contributed by atoms with E-state index in [-0.39, 0.29) is 66.2 Å². The number of hydrogen-bond acceptors (Lipinski definition) is 12. The fraction of sp³-hybridized carbons (Fsp3) is 0.692. The minimum atomic E-state index is -1.23. The molecule has 2 saturated heterocycles. The van der Waals surface area contributed by atoms with Gasteiger partial charge in [-0.15, -0.1) is 0 Å². The summed E-state index contributed by atoms with van der Waals surface area (Å²) in [6.45, 7) is 9.25. The van der Waals surface area contributed by atoms with Gasteiger partial charge in [0.1, 0.15) is 23.3 Å². The largest absolute Gasteiger partial charge is 1.00 e. The van der Waals surface area contributed by atoms with E-state index in [9.17, 15) is 39.4 Å². The number of carbonyl (C=O) groups is 4. The molecular weight excluding hydrogens is 556 g/mol. The van der Waals surface area contributed by atoms with E-state index in [1.54, 1.807) is 13.8 Å². The van der Waals surface area contributed by atoms with Crippen LogP contribution in [-0.4, -0.2) is 109 Å². The highest BCUT2D eigenvalue weighted by Crippen LogP contribution is 2.32. The summed E-state index contributed by atoms with van der Waals surface area (Å²) >= 11 is 0. The fourth-order valence-electron chi connectivity index (χ4n) is 3.89. The van der Waals surface area contributed by atoms with Crippen LogP contribution in [0.5, 0.6) is 0 Å². The van der Waals surface area contributed by atoms with Gasteiger partial charge in [-0.05, 0) is 46.9 Å². The van der Waals surface area contributed by atoms with Crippen LogP contribution in [0, 0.1) is 31.6 Å². The predicted octanol–water partition coefficient (Wildman–Crippen LogP) is 2.37. The molecule has 0 aliphatic carbocycles. The summed E-state index contributed by atoms with van der Waals surface area (Å²) in [5, 5.41) is 23.6. The second kappa shape index (κ2) is 22.7. The first-order valence-corrected chi connectivity index (χ1v) is 12.6. The highest BCUT2D eigenvalue weighted by Gasteiger charge is 2.49. The van der Waals surface area contributed by atoms with E-state index in [1.165, 1.54) is 6.08 Å². The van der Waals surface area contributed by atoms with Crippen molar-refractivity contribution in [2.24, 2.45) is 21.5 Å². The Labute approximate surface area is 248 Å². The Kier molecular flexibility index (Phi) is 23.0. The average molecular weight is 604 g/mol. The van der Waals surface area contributed by atoms with Crippen molar-refractivity contribution >= 4 is 35.9 Å². The molecule has 2 heterocycles. The van der Waals surface area contributed by atoms with E-state index in [4.69, 9.17) is 9.47 Å². The second-order valence-electron chi connectivity index (χ2n) is 8.81. The lowest BCUT2D eigenvalue weighted by Gasteiger charge is -2.37. The van der Waals surface area contributed by atoms with Crippen molar-refractivity contribution in [1.29, 1.82) is 0 Å². The molecule has 2 atom stereocenters. The van der Waals surface area contributed by atoms with E-state index in [0.29, 0.717) is 26.1 Å². The number of Topliss-reactive ketones (excluding diaryl/α,β-unsaturated/α-hetero) is 2. The van der Waals surface area contributed by atoms with Crippen molar-refractivity contribution in [2.75, 3.05) is 53.5 Å². The molecule has 16 nitrogen and oxygen atoms in total. The highest BCUT2D eigenvalue weighted by atomic mass is 16.7. The summed E-state index contributed by atoms with van der Waals surface area (Å²) in [6, 6.07) is 0. The maximum Gasteiger partial charge on any atom is 1.00 e. The number of ketones is 2. The molecule has 2 fully saturated rings. The van der Waals surface area contributed by atoms with Crippen LogP contribution in [-0.2, 0) is 28.7 Å². The SMILES string of the molecule is C.C.C=C/C=N\[N+](=O)[O-].CCOC(=O)C1(CC/C=N\[N+](=O)[O-])CN(C)CCC1=O.CCOC(=O)C1CN(C)CCC1=O.[H+]. The summed E-state index contributed by atoms with van der Waals surface area (Å²) in [6.07, 6.45) is 4.46. The first-order valence-electron chi connectivity index (χ1n) is 12.6. The number of likely N-dealkylation sites (tertiary alicyclic amines) is 2. The number of nitro groups is 2. The number of carbonyl (C=O) groups excluding carboxylic acids is 4. The first kappa shape index (κ1) is 42.5. The Morgan fingerprint density at radius 2 is 1.62 bits per heavy atom. The van der Waals surface area contributed by atoms with Gasteiger partial charge in [0.15, 0.2) is 15.8 Å². The van der Waals surface area contributed by atoms with Crippen molar-refractivity contribution in [3.05, 3.63) is 32.9 Å². The van der Waals surface area contributed by atoms with Crippen LogP contribution in [0.15, 0.2) is 22.9 Å². The van der Waals surface area contributed by atoms with Crippen molar-refractivity contribution in [3.63, 3.8) is 0 Å². The van der Waals surface area contributed by atoms with Gasteiger partial charge in [-0.3, -0.25) is 19.2 Å². The minimum absolute atomic E-state index is 0. The van der Waals surface area contributed by atoms with Gasteiger partial charge in [-0.25, -0.2) is 20.2 Å². The van der Waals surface area contributed by atoms with E-state index in [1.807, 2.05) is 23.9 Å². The van der Waals surface area contributed by atoms with Crippen LogP contribution in [0.25, 0.3) is 0 Å². The number of nitrogens with zero attached hydrogens (tertiary/aromatic N) is 6. The smallest absolute Gasteiger partial charge is 0.465 e. The molecule has 0 aromatic heterocycles. The zero-order chi connectivity index (χ0) is 30.7. The van der Waals surface area contributed by atoms with Gasteiger partial charge in [0.05, 0.1) is 29.6 Å². The Morgan fingerprint density at radius 1 is 1.05 bits per heavy atom. The molecule has 2 unspecified atom stereocenters. The summed E-state index contributed by atoms with van der Waals surface area (Å²) < 4.78 is 9.83. The van der Waals surface area contributed by atoms with Gasteiger partial charge in [0, 0.05) is 39.0 Å². The molecule has 2 rings (SSSR count). The predicted molar refractivity (Wildman–Crippen MR) is 158 cm³/mol. The van der Waals surface area contributed by atoms with E-state index in [2.05, 4.69) is 16.8 Å². The van der Waals surface area contributed by atoms with Gasteiger partial charge < -0.3 is 19.3 Å². The van der Waals surface area contributed by atoms with Crippen molar-refractivity contribution in [2.45, 2.75) is 54.4 Å². The van der Waals surface area contributed by atoms with Crippen LogP contribution in [0.1, 0.15) is 55.8 Å². The third kappa shape index (κ3) is 15.8. The Balaban J connectivity index is -0.000000287. The number of esters is 2. The van der Waals surface area contributed by atoms with Gasteiger partial charge in [-0.1, -0.05) is 21.4 Å². The van der Waals surface area contributed by atoms with Crippen LogP contribution in [0.3, 0.4) is 0 Å². The van der Waals surface area contributed by atoms with E-state index < -0.39 is 27.4 Å². The molecule has 0 radical (unpaired) electrons. The maximum absolute atomic E-state index is 12.2. The summed E-state index contributed by atoms with van der Waals surface area (Å²) in [4.78, 5) is 70.3. The Hall–Kier alpha value is -3.92. The van der Waals surface area contributed by atoms with Crippen molar-refractivity contribution in [1.82, 2.24) is 9.80 Å². The van der Waals surface area contributed by atoms with Crippen LogP contribution in [0.4, 0.5) is 0 Å². The molecule has 0 spiro atoms. The molecule has 0 bridgehead atoms. The summed E-state index contributed by atoms with van der Waals surface area (Å²) in [7, 11) is 3.73. The molecule has 16 heteroatoms. The molecule has 0 saturated carbocycles. The summed E-state index contributed by atoms with van der Waals surface area (Å²) in [5.74, 6) is -1.64. The van der Waals surface area contributed by atoms with Gasteiger partial charge in [0.25, 0.3) is 0 Å². The molecule has 2 aliphatic heterocycles. The van der Waals surface area contributed by atoms with Crippen molar-refractivity contribution in [3.8, 4) is 0 Å². The average Bonchev–Trinajstić information content (AvgIpc) is 2.89. The third-order valence-electron chi connectivity index (χ3n) is 5.80. The molecule has 240 valence electrons. The number of rotatable bonds is 10. The first-order chi connectivity index (χ1) is 18.8. The van der Waals surface area contributed by atoms with Crippen molar-refractivity contribution < 1.29 is 40.1 Å². The quantitative estimate of drug-likeness (QED) is 0.116. The zero-order valence-corrected chi connectivity index (χ0v) is 23.4. The molecule has 0 aromatic rings. The van der Waals surface area contributed by atoms with Crippen LogP contribution in [0.2, 0.25) is 0 Å². The molecule has 42 heavy (non-hydrogen) atoms. The Bertz CT molecular complexity index is 978. The Morgan fingerprint density at radius 3 is 2.12 bits per heavy atom. The maximum atomic E-state index is 12.2. The number of hydrogen-bond donors (Lipinski definition) is 0. The molecule has 0 aromatic carbocycles. The standard InChI is InChI=1S/C12H19N3O5.C9H15NO3.C3H4N2O2.2CH4/c1-3-20-11(17)12(6-4-7-13-15(18)19)9-14(2)8-5-10(12)16;1-3-13-9(12)7-6-10(2)5-4-8(7)11;1-2-3-4-5(6)7;;/h7H,3-6,8-9H2,1-2H3;7H,3-6H2,1-2H3;2-3H,1H2;2*1H4/p+1/b13-7-;;4-3-;;. The molecular formula is C26H47N6O10+. The lowest BCUT2D eigenvalue weighted by molar-refractivity contribution is -0.484. The number of hydrazone groups is 2. The van der Waals surface area contributed by atoms with Crippen LogP contribution < -0.4 is 0 Å². The summed E-state index contributed by atoms with van der Waals surface area (Å²) in [5.41, 5.74) is -1.23. The fourth-order valence-corrected chi connectivity index (χ4v) is 3.89. The number of piperidine rings is 2. The molecule has 0 amide bonds. The van der Waals surface area contributed by atoms with Gasteiger partial charge in [-0.2, -0.15) is 0 Å². The second-order valence-corrected chi connectivity index (χ2v) is 8.81.